The van der Waals surface area contributed by atoms with E-state index in [-0.39, 0.29) is 0 Å². The number of hydrogen-bond donors (Lipinski definition) is 1. The Bertz CT molecular complexity index is 697. The molecule has 0 aliphatic rings. The molecule has 0 radical (unpaired) electrons. The number of rotatable bonds is 5. The summed E-state index contributed by atoms with van der Waals surface area (Å²) in [6.07, 6.45) is 0. The molecular formula is C16H20N2O2S. The standard InChI is InChI=1S/C16H20N2O2S/c1-13-9-7-8-12-15(13)16(14-10-5-4-6-11-14)17-21(19,20)18(2)3/h4-12,16-17H,1-3H3. The van der Waals surface area contributed by atoms with Gasteiger partial charge in [-0.2, -0.15) is 17.4 Å². The summed E-state index contributed by atoms with van der Waals surface area (Å²) < 4.78 is 28.4. The van der Waals surface area contributed by atoms with Crippen molar-refractivity contribution in [3.63, 3.8) is 0 Å². The fourth-order valence-corrected chi connectivity index (χ4v) is 2.89. The molecule has 2 rings (SSSR count). The SMILES string of the molecule is Cc1ccccc1C(NS(=O)(=O)N(C)C)c1ccccc1. The van der Waals surface area contributed by atoms with Crippen molar-refractivity contribution in [1.29, 1.82) is 0 Å². The van der Waals surface area contributed by atoms with E-state index in [1.165, 1.54) is 18.4 Å². The summed E-state index contributed by atoms with van der Waals surface area (Å²) >= 11 is 0. The molecule has 0 saturated carbocycles. The highest BCUT2D eigenvalue weighted by molar-refractivity contribution is 7.87. The first-order chi connectivity index (χ1) is 9.92. The molecule has 0 spiro atoms. The van der Waals surface area contributed by atoms with Gasteiger partial charge in [0.15, 0.2) is 0 Å². The van der Waals surface area contributed by atoms with Gasteiger partial charge < -0.3 is 0 Å². The van der Waals surface area contributed by atoms with Gasteiger partial charge in [0.05, 0.1) is 6.04 Å². The topological polar surface area (TPSA) is 49.4 Å². The number of benzene rings is 2. The molecule has 2 aromatic rings. The van der Waals surface area contributed by atoms with Crippen molar-refractivity contribution in [1.82, 2.24) is 9.03 Å². The van der Waals surface area contributed by atoms with E-state index in [2.05, 4.69) is 4.72 Å². The number of hydrogen-bond acceptors (Lipinski definition) is 2. The Kier molecular flexibility index (Phi) is 4.77. The monoisotopic (exact) mass is 304 g/mol. The van der Waals surface area contributed by atoms with Crippen LogP contribution < -0.4 is 4.72 Å². The molecule has 0 saturated heterocycles. The molecule has 0 bridgehead atoms. The van der Waals surface area contributed by atoms with Gasteiger partial charge >= 0.3 is 0 Å². The predicted octanol–water partition coefficient (Wildman–Crippen LogP) is 2.48. The van der Waals surface area contributed by atoms with Crippen LogP contribution in [0.4, 0.5) is 0 Å². The van der Waals surface area contributed by atoms with Crippen LogP contribution in [0, 0.1) is 6.92 Å². The summed E-state index contributed by atoms with van der Waals surface area (Å²) in [6.45, 7) is 1.98. The van der Waals surface area contributed by atoms with E-state index in [0.717, 1.165) is 16.7 Å². The molecule has 1 unspecified atom stereocenters. The average Bonchev–Trinajstić information content (AvgIpc) is 2.46. The van der Waals surface area contributed by atoms with Gasteiger partial charge in [0.2, 0.25) is 0 Å². The predicted molar refractivity (Wildman–Crippen MR) is 85.2 cm³/mol. The van der Waals surface area contributed by atoms with Crippen LogP contribution in [0.15, 0.2) is 54.6 Å². The minimum absolute atomic E-state index is 0.403. The normalized spacial score (nSPS) is 13.3. The number of nitrogens with zero attached hydrogens (tertiary/aromatic N) is 1. The van der Waals surface area contributed by atoms with E-state index in [1.807, 2.05) is 61.5 Å². The molecule has 0 amide bonds. The Labute approximate surface area is 126 Å². The van der Waals surface area contributed by atoms with E-state index in [9.17, 15) is 8.42 Å². The summed E-state index contributed by atoms with van der Waals surface area (Å²) in [5.41, 5.74) is 2.92. The van der Waals surface area contributed by atoms with Crippen molar-refractivity contribution >= 4 is 10.2 Å². The molecule has 2 aromatic carbocycles. The second-order valence-corrected chi connectivity index (χ2v) is 7.02. The lowest BCUT2D eigenvalue weighted by atomic mass is 9.96. The minimum atomic E-state index is -3.53. The van der Waals surface area contributed by atoms with Gasteiger partial charge in [-0.05, 0) is 23.6 Å². The first-order valence-corrected chi connectivity index (χ1v) is 8.16. The lowest BCUT2D eigenvalue weighted by molar-refractivity contribution is 0.498. The van der Waals surface area contributed by atoms with Crippen molar-refractivity contribution in [3.05, 3.63) is 71.3 Å². The lowest BCUT2D eigenvalue weighted by Gasteiger charge is -2.23. The van der Waals surface area contributed by atoms with Gasteiger partial charge in [-0.15, -0.1) is 0 Å². The third kappa shape index (κ3) is 3.69. The maximum absolute atomic E-state index is 12.2. The van der Waals surface area contributed by atoms with Crippen molar-refractivity contribution in [2.24, 2.45) is 0 Å². The van der Waals surface area contributed by atoms with Gasteiger partial charge in [-0.25, -0.2) is 0 Å². The van der Waals surface area contributed by atoms with Gasteiger partial charge in [0, 0.05) is 14.1 Å². The van der Waals surface area contributed by atoms with Crippen LogP contribution in [0.5, 0.6) is 0 Å². The van der Waals surface area contributed by atoms with Crippen LogP contribution in [-0.2, 0) is 10.2 Å². The van der Waals surface area contributed by atoms with Gasteiger partial charge in [0.25, 0.3) is 10.2 Å². The van der Waals surface area contributed by atoms with Gasteiger partial charge in [-0.1, -0.05) is 54.6 Å². The summed E-state index contributed by atoms with van der Waals surface area (Å²) in [5, 5.41) is 0. The Morgan fingerprint density at radius 3 is 2.10 bits per heavy atom. The summed E-state index contributed by atoms with van der Waals surface area (Å²) in [4.78, 5) is 0. The molecule has 0 aliphatic heterocycles. The highest BCUT2D eigenvalue weighted by atomic mass is 32.2. The first kappa shape index (κ1) is 15.7. The highest BCUT2D eigenvalue weighted by Gasteiger charge is 2.23. The summed E-state index contributed by atoms with van der Waals surface area (Å²) in [6, 6.07) is 17.0. The molecule has 0 heterocycles. The molecule has 0 aromatic heterocycles. The number of aryl methyl sites for hydroxylation is 1. The van der Waals surface area contributed by atoms with Crippen LogP contribution >= 0.6 is 0 Å². The quantitative estimate of drug-likeness (QED) is 0.922. The molecular weight excluding hydrogens is 284 g/mol. The van der Waals surface area contributed by atoms with Crippen LogP contribution in [0.3, 0.4) is 0 Å². The Hall–Kier alpha value is -1.69. The minimum Gasteiger partial charge on any atom is -0.195 e. The summed E-state index contributed by atoms with van der Waals surface area (Å²) in [7, 11) is -0.495. The third-order valence-corrected chi connectivity index (χ3v) is 4.87. The van der Waals surface area contributed by atoms with Gasteiger partial charge in [-0.3, -0.25) is 0 Å². The maximum Gasteiger partial charge on any atom is 0.279 e. The highest BCUT2D eigenvalue weighted by Crippen LogP contribution is 2.25. The first-order valence-electron chi connectivity index (χ1n) is 6.72. The molecule has 0 fully saturated rings. The van der Waals surface area contributed by atoms with Crippen molar-refractivity contribution < 1.29 is 8.42 Å². The molecule has 1 atom stereocenters. The van der Waals surface area contributed by atoms with E-state index in [0.29, 0.717) is 0 Å². The zero-order chi connectivity index (χ0) is 15.5. The third-order valence-electron chi connectivity index (χ3n) is 3.38. The van der Waals surface area contributed by atoms with Crippen molar-refractivity contribution in [2.75, 3.05) is 14.1 Å². The van der Waals surface area contributed by atoms with Crippen molar-refractivity contribution in [2.45, 2.75) is 13.0 Å². The zero-order valence-electron chi connectivity index (χ0n) is 12.4. The Morgan fingerprint density at radius 1 is 0.952 bits per heavy atom. The average molecular weight is 304 g/mol. The lowest BCUT2D eigenvalue weighted by Crippen LogP contribution is -2.38. The van der Waals surface area contributed by atoms with E-state index in [1.54, 1.807) is 0 Å². The van der Waals surface area contributed by atoms with Crippen LogP contribution in [-0.4, -0.2) is 26.8 Å². The van der Waals surface area contributed by atoms with Crippen LogP contribution in [0.25, 0.3) is 0 Å². The second-order valence-electron chi connectivity index (χ2n) is 5.11. The molecule has 1 N–H and O–H groups in total. The Morgan fingerprint density at radius 2 is 1.52 bits per heavy atom. The zero-order valence-corrected chi connectivity index (χ0v) is 13.3. The van der Waals surface area contributed by atoms with Gasteiger partial charge in [0.1, 0.15) is 0 Å². The molecule has 5 heteroatoms. The smallest absolute Gasteiger partial charge is 0.195 e. The van der Waals surface area contributed by atoms with E-state index < -0.39 is 16.3 Å². The largest absolute Gasteiger partial charge is 0.279 e. The van der Waals surface area contributed by atoms with Crippen molar-refractivity contribution in [3.8, 4) is 0 Å². The fraction of sp³-hybridized carbons (Fsp3) is 0.250. The molecule has 112 valence electrons. The van der Waals surface area contributed by atoms with Crippen LogP contribution in [0.1, 0.15) is 22.7 Å². The van der Waals surface area contributed by atoms with Crippen LogP contribution in [0.2, 0.25) is 0 Å². The molecule has 4 nitrogen and oxygen atoms in total. The fourth-order valence-electron chi connectivity index (χ4n) is 2.12. The number of nitrogens with one attached hydrogen (secondary N) is 1. The van der Waals surface area contributed by atoms with E-state index in [4.69, 9.17) is 0 Å². The molecule has 21 heavy (non-hydrogen) atoms. The maximum atomic E-state index is 12.2. The second kappa shape index (κ2) is 6.39. The van der Waals surface area contributed by atoms with E-state index >= 15 is 0 Å². The summed E-state index contributed by atoms with van der Waals surface area (Å²) in [5.74, 6) is 0. The molecule has 0 aliphatic carbocycles. The Balaban J connectivity index is 2.49.